The van der Waals surface area contributed by atoms with Crippen molar-refractivity contribution in [1.29, 1.82) is 0 Å². The Balaban J connectivity index is 2.00. The molecule has 8 heteroatoms. The number of hydrogen-bond acceptors (Lipinski definition) is 6. The van der Waals surface area contributed by atoms with E-state index in [1.807, 2.05) is 20.8 Å². The molecule has 0 saturated carbocycles. The Morgan fingerprint density at radius 3 is 2.59 bits per heavy atom. The molecule has 32 heavy (non-hydrogen) atoms. The van der Waals surface area contributed by atoms with Gasteiger partial charge in [-0.15, -0.1) is 0 Å². The maximum absolute atomic E-state index is 13.9. The molecule has 0 aliphatic carbocycles. The van der Waals surface area contributed by atoms with Gasteiger partial charge in [-0.25, -0.2) is 0 Å². The van der Waals surface area contributed by atoms with Gasteiger partial charge in [0.25, 0.3) is 0 Å². The number of unbranched alkanes of at least 4 members (excludes halogenated alkanes) is 2. The van der Waals surface area contributed by atoms with Crippen LogP contribution in [0.25, 0.3) is 0 Å². The highest BCUT2D eigenvalue weighted by Crippen LogP contribution is 2.63. The maximum atomic E-state index is 13.9. The molecule has 3 saturated heterocycles. The second kappa shape index (κ2) is 9.67. The topological polar surface area (TPSA) is 105 Å². The van der Waals surface area contributed by atoms with Crippen LogP contribution in [0.3, 0.4) is 0 Å². The third-order valence-electron chi connectivity index (χ3n) is 7.43. The molecule has 6 atom stereocenters. The van der Waals surface area contributed by atoms with Gasteiger partial charge in [0.1, 0.15) is 17.6 Å². The number of carbonyl (C=O) groups excluding carboxylic acids is 3. The summed E-state index contributed by atoms with van der Waals surface area (Å²) >= 11 is 0. The summed E-state index contributed by atoms with van der Waals surface area (Å²) in [6, 6.07) is -1.37. The highest BCUT2D eigenvalue weighted by atomic mass is 16.6. The van der Waals surface area contributed by atoms with Crippen molar-refractivity contribution in [1.82, 2.24) is 10.2 Å². The first kappa shape index (κ1) is 25.0. The summed E-state index contributed by atoms with van der Waals surface area (Å²) < 4.78 is 11.8. The van der Waals surface area contributed by atoms with Gasteiger partial charge in [0, 0.05) is 6.54 Å². The molecule has 2 amide bonds. The minimum atomic E-state index is -1.07. The average Bonchev–Trinajstić information content (AvgIpc) is 3.30. The number of rotatable bonds is 11. The summed E-state index contributed by atoms with van der Waals surface area (Å²) in [4.78, 5) is 41.9. The Morgan fingerprint density at radius 2 is 2.00 bits per heavy atom. The lowest BCUT2D eigenvalue weighted by molar-refractivity contribution is -0.160. The van der Waals surface area contributed by atoms with Crippen molar-refractivity contribution in [2.24, 2.45) is 17.8 Å². The number of fused-ring (bicyclic) bond motifs is 1. The Labute approximate surface area is 191 Å². The normalized spacial score (nSPS) is 34.2. The van der Waals surface area contributed by atoms with Gasteiger partial charge in [-0.3, -0.25) is 14.4 Å². The van der Waals surface area contributed by atoms with E-state index in [0.717, 1.165) is 19.3 Å². The van der Waals surface area contributed by atoms with Crippen LogP contribution in [-0.4, -0.2) is 70.8 Å². The third kappa shape index (κ3) is 4.04. The van der Waals surface area contributed by atoms with E-state index >= 15 is 0 Å². The van der Waals surface area contributed by atoms with Crippen LogP contribution in [0, 0.1) is 17.8 Å². The number of nitrogens with zero attached hydrogens (tertiary/aromatic N) is 1. The van der Waals surface area contributed by atoms with E-state index in [-0.39, 0.29) is 30.9 Å². The average molecular weight is 453 g/mol. The molecular formula is C24H40N2O6. The lowest BCUT2D eigenvalue weighted by atomic mass is 9.66. The van der Waals surface area contributed by atoms with Gasteiger partial charge in [0.05, 0.1) is 30.8 Å². The first-order chi connectivity index (χ1) is 15.2. The minimum absolute atomic E-state index is 0.219. The molecule has 3 rings (SSSR count). The van der Waals surface area contributed by atoms with E-state index in [1.165, 1.54) is 4.90 Å². The molecule has 0 aromatic heterocycles. The van der Waals surface area contributed by atoms with Crippen LogP contribution in [0.2, 0.25) is 0 Å². The van der Waals surface area contributed by atoms with Crippen molar-refractivity contribution in [2.45, 2.75) is 96.4 Å². The molecule has 0 aromatic rings. The molecule has 182 valence electrons. The van der Waals surface area contributed by atoms with Crippen molar-refractivity contribution in [3.8, 4) is 0 Å². The zero-order chi connectivity index (χ0) is 23.7. The van der Waals surface area contributed by atoms with E-state index in [4.69, 9.17) is 9.47 Å². The Kier molecular flexibility index (Phi) is 7.55. The Hall–Kier alpha value is -1.67. The van der Waals surface area contributed by atoms with Gasteiger partial charge >= 0.3 is 5.97 Å². The SMILES string of the molecule is CCCCCNC(=O)C1N([C@@H](CO)CC(C)C)C(=O)[C@@H]2[C@H](C(=O)OCC)[C@]3(C)CCC12O3. The number of nitrogens with one attached hydrogen (secondary N) is 1. The van der Waals surface area contributed by atoms with Crippen LogP contribution < -0.4 is 5.32 Å². The lowest BCUT2D eigenvalue weighted by Gasteiger charge is -2.37. The van der Waals surface area contributed by atoms with Crippen LogP contribution in [0.1, 0.15) is 73.1 Å². The van der Waals surface area contributed by atoms with E-state index in [9.17, 15) is 19.5 Å². The molecule has 2 N–H and O–H groups in total. The van der Waals surface area contributed by atoms with Gasteiger partial charge in [-0.05, 0) is 45.4 Å². The number of aliphatic hydroxyl groups excluding tert-OH is 1. The maximum Gasteiger partial charge on any atom is 0.312 e. The predicted octanol–water partition coefficient (Wildman–Crippen LogP) is 2.03. The third-order valence-corrected chi connectivity index (χ3v) is 7.43. The Morgan fingerprint density at radius 1 is 1.28 bits per heavy atom. The molecule has 2 unspecified atom stereocenters. The fourth-order valence-electron chi connectivity index (χ4n) is 6.15. The van der Waals surface area contributed by atoms with Crippen molar-refractivity contribution >= 4 is 17.8 Å². The molecule has 3 fully saturated rings. The molecule has 8 nitrogen and oxygen atoms in total. The van der Waals surface area contributed by atoms with E-state index in [0.29, 0.717) is 25.8 Å². The number of esters is 1. The van der Waals surface area contributed by atoms with Gasteiger partial charge in [-0.2, -0.15) is 0 Å². The Bertz CT molecular complexity index is 727. The number of ether oxygens (including phenoxy) is 2. The zero-order valence-corrected chi connectivity index (χ0v) is 20.2. The fourth-order valence-corrected chi connectivity index (χ4v) is 6.15. The van der Waals surface area contributed by atoms with Crippen LogP contribution >= 0.6 is 0 Å². The molecule has 2 bridgehead atoms. The number of aliphatic hydroxyl groups is 1. The van der Waals surface area contributed by atoms with Gasteiger partial charge < -0.3 is 24.8 Å². The quantitative estimate of drug-likeness (QED) is 0.367. The first-order valence-electron chi connectivity index (χ1n) is 12.2. The summed E-state index contributed by atoms with van der Waals surface area (Å²) in [7, 11) is 0. The van der Waals surface area contributed by atoms with Crippen LogP contribution in [0.4, 0.5) is 0 Å². The predicted molar refractivity (Wildman–Crippen MR) is 119 cm³/mol. The van der Waals surface area contributed by atoms with Crippen LogP contribution in [0.15, 0.2) is 0 Å². The summed E-state index contributed by atoms with van der Waals surface area (Å²) in [5.74, 6) is -2.27. The van der Waals surface area contributed by atoms with Crippen molar-refractivity contribution < 1.29 is 29.0 Å². The van der Waals surface area contributed by atoms with E-state index in [2.05, 4.69) is 12.2 Å². The van der Waals surface area contributed by atoms with Gasteiger partial charge in [-0.1, -0.05) is 33.6 Å². The first-order valence-corrected chi connectivity index (χ1v) is 12.2. The molecule has 3 aliphatic rings. The van der Waals surface area contributed by atoms with Crippen LogP contribution in [0.5, 0.6) is 0 Å². The number of likely N-dealkylation sites (tertiary alicyclic amines) is 1. The second-order valence-electron chi connectivity index (χ2n) is 10.2. The molecule has 3 heterocycles. The number of carbonyl (C=O) groups is 3. The fraction of sp³-hybridized carbons (Fsp3) is 0.875. The second-order valence-corrected chi connectivity index (χ2v) is 10.2. The van der Waals surface area contributed by atoms with E-state index < -0.39 is 41.1 Å². The minimum Gasteiger partial charge on any atom is -0.466 e. The lowest BCUT2D eigenvalue weighted by Crippen LogP contribution is -2.58. The smallest absolute Gasteiger partial charge is 0.312 e. The van der Waals surface area contributed by atoms with Crippen molar-refractivity contribution in [3.63, 3.8) is 0 Å². The molecule has 0 aromatic carbocycles. The molecular weight excluding hydrogens is 412 g/mol. The highest BCUT2D eigenvalue weighted by molar-refractivity contribution is 5.98. The molecule has 3 aliphatic heterocycles. The van der Waals surface area contributed by atoms with Crippen molar-refractivity contribution in [3.05, 3.63) is 0 Å². The zero-order valence-electron chi connectivity index (χ0n) is 20.2. The van der Waals surface area contributed by atoms with Gasteiger partial charge in [0.15, 0.2) is 0 Å². The summed E-state index contributed by atoms with van der Waals surface area (Å²) in [5, 5.41) is 13.2. The summed E-state index contributed by atoms with van der Waals surface area (Å²) in [6.45, 7) is 10.2. The summed E-state index contributed by atoms with van der Waals surface area (Å²) in [5.41, 5.74) is -1.89. The summed E-state index contributed by atoms with van der Waals surface area (Å²) in [6.07, 6.45) is 4.58. The van der Waals surface area contributed by atoms with Crippen molar-refractivity contribution in [2.75, 3.05) is 19.8 Å². The molecule has 0 radical (unpaired) electrons. The largest absolute Gasteiger partial charge is 0.466 e. The van der Waals surface area contributed by atoms with Crippen LogP contribution in [-0.2, 0) is 23.9 Å². The standard InChI is InChI=1S/C24H40N2O6/c1-6-8-9-12-25-20(28)19-24-11-10-23(5,32-24)18(22(30)31-7-2)17(24)21(29)26(19)16(14-27)13-15(3)4/h15-19,27H,6-14H2,1-5H3,(H,25,28)/t16-,17+,18-,19?,23+,24?/m1/s1. The molecule has 1 spiro atoms. The number of amides is 2. The van der Waals surface area contributed by atoms with Gasteiger partial charge in [0.2, 0.25) is 11.8 Å². The number of hydrogen-bond donors (Lipinski definition) is 2. The monoisotopic (exact) mass is 452 g/mol. The highest BCUT2D eigenvalue weighted by Gasteiger charge is 2.78. The van der Waals surface area contributed by atoms with E-state index in [1.54, 1.807) is 6.92 Å².